The van der Waals surface area contributed by atoms with Gasteiger partial charge in [-0.2, -0.15) is 0 Å². The summed E-state index contributed by atoms with van der Waals surface area (Å²) >= 11 is 7.28. The predicted octanol–water partition coefficient (Wildman–Crippen LogP) is 3.66. The van der Waals surface area contributed by atoms with E-state index in [4.69, 9.17) is 16.7 Å². The van der Waals surface area contributed by atoms with Crippen LogP contribution in [0.15, 0.2) is 12.1 Å². The number of carbonyl (C=O) groups is 2. The van der Waals surface area contributed by atoms with E-state index >= 15 is 0 Å². The molecule has 0 fully saturated rings. The van der Waals surface area contributed by atoms with Crippen LogP contribution in [0.5, 0.6) is 0 Å². The van der Waals surface area contributed by atoms with Crippen molar-refractivity contribution in [2.24, 2.45) is 0 Å². The van der Waals surface area contributed by atoms with Crippen LogP contribution in [0.1, 0.15) is 49.8 Å². The van der Waals surface area contributed by atoms with Gasteiger partial charge in [-0.05, 0) is 31.9 Å². The van der Waals surface area contributed by atoms with E-state index in [0.29, 0.717) is 17.3 Å². The summed E-state index contributed by atoms with van der Waals surface area (Å²) in [5, 5.41) is 11.4. The summed E-state index contributed by atoms with van der Waals surface area (Å²) in [5.74, 6) is -0.921. The van der Waals surface area contributed by atoms with Crippen LogP contribution in [-0.2, 0) is 9.59 Å². The zero-order valence-electron chi connectivity index (χ0n) is 11.5. The van der Waals surface area contributed by atoms with Crippen molar-refractivity contribution in [1.82, 2.24) is 5.32 Å². The Hall–Kier alpha value is -1.07. The largest absolute Gasteiger partial charge is 0.481 e. The number of nitrogens with one attached hydrogen (secondary N) is 1. The van der Waals surface area contributed by atoms with Crippen LogP contribution < -0.4 is 5.32 Å². The molecule has 1 aromatic heterocycles. The van der Waals surface area contributed by atoms with Crippen molar-refractivity contribution < 1.29 is 14.7 Å². The molecule has 1 aromatic rings. The molecule has 0 saturated carbocycles. The number of aliphatic carboxylic acids is 1. The highest BCUT2D eigenvalue weighted by atomic mass is 35.5. The number of carbonyl (C=O) groups excluding carboxylic acids is 1. The Morgan fingerprint density at radius 2 is 2.00 bits per heavy atom. The molecule has 1 rings (SSSR count). The van der Waals surface area contributed by atoms with E-state index in [-0.39, 0.29) is 18.2 Å². The molecule has 4 nitrogen and oxygen atoms in total. The molecule has 1 unspecified atom stereocenters. The van der Waals surface area contributed by atoms with Gasteiger partial charge in [-0.15, -0.1) is 11.3 Å². The van der Waals surface area contributed by atoms with E-state index < -0.39 is 5.97 Å². The number of unbranched alkanes of at least 4 members (excludes halogenated alkanes) is 3. The van der Waals surface area contributed by atoms with Gasteiger partial charge < -0.3 is 10.4 Å². The van der Waals surface area contributed by atoms with E-state index in [9.17, 15) is 9.59 Å². The van der Waals surface area contributed by atoms with Crippen molar-refractivity contribution in [2.45, 2.75) is 44.9 Å². The lowest BCUT2D eigenvalue weighted by atomic mass is 10.1. The first-order valence-corrected chi connectivity index (χ1v) is 7.95. The smallest absolute Gasteiger partial charge is 0.303 e. The maximum Gasteiger partial charge on any atom is 0.303 e. The minimum absolute atomic E-state index is 0.00838. The Morgan fingerprint density at radius 1 is 1.30 bits per heavy atom. The van der Waals surface area contributed by atoms with E-state index in [1.54, 1.807) is 6.07 Å². The average Bonchev–Trinajstić information content (AvgIpc) is 2.82. The highest BCUT2D eigenvalue weighted by molar-refractivity contribution is 7.16. The van der Waals surface area contributed by atoms with Crippen LogP contribution in [0.2, 0.25) is 4.34 Å². The quantitative estimate of drug-likeness (QED) is 0.683. The van der Waals surface area contributed by atoms with Gasteiger partial charge in [-0.25, -0.2) is 0 Å². The van der Waals surface area contributed by atoms with E-state index in [1.165, 1.54) is 11.3 Å². The summed E-state index contributed by atoms with van der Waals surface area (Å²) in [4.78, 5) is 23.2. The first-order valence-electron chi connectivity index (χ1n) is 6.75. The molecule has 2 N–H and O–H groups in total. The SMILES string of the molecule is CC(C(=O)NCCCCCCC(=O)O)c1ccc(Cl)s1. The van der Waals surface area contributed by atoms with Gasteiger partial charge in [0, 0.05) is 17.8 Å². The van der Waals surface area contributed by atoms with Gasteiger partial charge in [0.25, 0.3) is 0 Å². The number of halogens is 1. The molecule has 20 heavy (non-hydrogen) atoms. The van der Waals surface area contributed by atoms with Crippen molar-refractivity contribution in [3.63, 3.8) is 0 Å². The zero-order chi connectivity index (χ0) is 15.0. The Balaban J connectivity index is 2.12. The highest BCUT2D eigenvalue weighted by Crippen LogP contribution is 2.28. The van der Waals surface area contributed by atoms with E-state index in [0.717, 1.165) is 24.1 Å². The zero-order valence-corrected chi connectivity index (χ0v) is 13.1. The maximum absolute atomic E-state index is 11.9. The van der Waals surface area contributed by atoms with Gasteiger partial charge in [-0.3, -0.25) is 9.59 Å². The van der Waals surface area contributed by atoms with E-state index in [1.807, 2.05) is 13.0 Å². The highest BCUT2D eigenvalue weighted by Gasteiger charge is 2.16. The monoisotopic (exact) mass is 317 g/mol. The Labute approximate surface area is 128 Å². The van der Waals surface area contributed by atoms with Crippen LogP contribution in [0.3, 0.4) is 0 Å². The number of carboxylic acids is 1. The molecule has 112 valence electrons. The van der Waals surface area contributed by atoms with Crippen LogP contribution >= 0.6 is 22.9 Å². The lowest BCUT2D eigenvalue weighted by Crippen LogP contribution is -2.28. The predicted molar refractivity (Wildman–Crippen MR) is 81.5 cm³/mol. The van der Waals surface area contributed by atoms with Gasteiger partial charge in [0.2, 0.25) is 5.91 Å². The fraction of sp³-hybridized carbons (Fsp3) is 0.571. The normalized spacial score (nSPS) is 12.1. The summed E-state index contributed by atoms with van der Waals surface area (Å²) in [6, 6.07) is 3.68. The van der Waals surface area contributed by atoms with Crippen LogP contribution in [0.25, 0.3) is 0 Å². The minimum Gasteiger partial charge on any atom is -0.481 e. The van der Waals surface area contributed by atoms with Crippen LogP contribution in [-0.4, -0.2) is 23.5 Å². The molecule has 0 bridgehead atoms. The summed E-state index contributed by atoms with van der Waals surface area (Å²) in [5.41, 5.74) is 0. The number of carboxylic acid groups (broad SMARTS) is 1. The molecular formula is C14H20ClNO3S. The first-order chi connectivity index (χ1) is 9.50. The number of amides is 1. The Kier molecular flexibility index (Phi) is 7.62. The second-order valence-corrected chi connectivity index (χ2v) is 6.46. The lowest BCUT2D eigenvalue weighted by Gasteiger charge is -2.10. The molecule has 0 aliphatic rings. The summed E-state index contributed by atoms with van der Waals surface area (Å²) in [7, 11) is 0. The molecule has 1 amide bonds. The van der Waals surface area contributed by atoms with Gasteiger partial charge in [0.15, 0.2) is 0 Å². The fourth-order valence-electron chi connectivity index (χ4n) is 1.81. The van der Waals surface area contributed by atoms with Gasteiger partial charge in [0.1, 0.15) is 0 Å². The number of thiophene rings is 1. The second-order valence-electron chi connectivity index (χ2n) is 4.71. The minimum atomic E-state index is -0.748. The van der Waals surface area contributed by atoms with Crippen LogP contribution in [0, 0.1) is 0 Å². The van der Waals surface area contributed by atoms with Crippen molar-refractivity contribution in [3.05, 3.63) is 21.3 Å². The molecule has 0 saturated heterocycles. The van der Waals surface area contributed by atoms with Crippen LogP contribution in [0.4, 0.5) is 0 Å². The second kappa shape index (κ2) is 8.97. The summed E-state index contributed by atoms with van der Waals surface area (Å²) in [6.45, 7) is 2.50. The molecule has 0 aliphatic heterocycles. The Bertz CT molecular complexity index is 447. The molecule has 0 radical (unpaired) electrons. The molecule has 1 atom stereocenters. The summed E-state index contributed by atoms with van der Waals surface area (Å²) in [6.07, 6.45) is 3.63. The lowest BCUT2D eigenvalue weighted by molar-refractivity contribution is -0.137. The third-order valence-corrected chi connectivity index (χ3v) is 4.44. The van der Waals surface area contributed by atoms with Crippen molar-refractivity contribution in [1.29, 1.82) is 0 Å². The third-order valence-electron chi connectivity index (χ3n) is 3.03. The molecule has 1 heterocycles. The van der Waals surface area contributed by atoms with Gasteiger partial charge >= 0.3 is 5.97 Å². The molecular weight excluding hydrogens is 298 g/mol. The molecule has 0 aliphatic carbocycles. The topological polar surface area (TPSA) is 66.4 Å². The standard InChI is InChI=1S/C14H20ClNO3S/c1-10(11-7-8-12(15)20-11)14(19)16-9-5-3-2-4-6-13(17)18/h7-8,10H,2-6,9H2,1H3,(H,16,19)(H,17,18). The first kappa shape index (κ1) is 17.0. The van der Waals surface area contributed by atoms with Gasteiger partial charge in [-0.1, -0.05) is 24.4 Å². The average molecular weight is 318 g/mol. The van der Waals surface area contributed by atoms with Crippen molar-refractivity contribution >= 4 is 34.8 Å². The van der Waals surface area contributed by atoms with Gasteiger partial charge in [0.05, 0.1) is 10.3 Å². The molecule has 0 spiro atoms. The van der Waals surface area contributed by atoms with E-state index in [2.05, 4.69) is 5.32 Å². The maximum atomic E-state index is 11.9. The fourth-order valence-corrected chi connectivity index (χ4v) is 2.92. The Morgan fingerprint density at radius 3 is 2.60 bits per heavy atom. The number of hydrogen-bond donors (Lipinski definition) is 2. The van der Waals surface area contributed by atoms with Crippen molar-refractivity contribution in [2.75, 3.05) is 6.54 Å². The molecule has 6 heteroatoms. The molecule has 0 aromatic carbocycles. The number of hydrogen-bond acceptors (Lipinski definition) is 3. The summed E-state index contributed by atoms with van der Waals surface area (Å²) < 4.78 is 0.693. The number of rotatable bonds is 9. The third kappa shape index (κ3) is 6.39. The van der Waals surface area contributed by atoms with Crippen molar-refractivity contribution in [3.8, 4) is 0 Å².